The van der Waals surface area contributed by atoms with Crippen LogP contribution < -0.4 is 0 Å². The molecule has 1 aliphatic heterocycles. The first-order valence-electron chi connectivity index (χ1n) is 5.05. The molecule has 0 aliphatic carbocycles. The Balaban J connectivity index is 1.97. The van der Waals surface area contributed by atoms with Gasteiger partial charge in [0.2, 0.25) is 0 Å². The van der Waals surface area contributed by atoms with Gasteiger partial charge in [0.25, 0.3) is 0 Å². The number of hydrogen-bond donors (Lipinski definition) is 0. The van der Waals surface area contributed by atoms with Gasteiger partial charge < -0.3 is 0 Å². The van der Waals surface area contributed by atoms with Gasteiger partial charge in [0, 0.05) is 19.3 Å². The number of aromatic nitrogens is 1. The number of hydrogen-bond acceptors (Lipinski definition) is 2. The van der Waals surface area contributed by atoms with Gasteiger partial charge in [0.15, 0.2) is 0 Å². The predicted molar refractivity (Wildman–Crippen MR) is 53.3 cm³/mol. The summed E-state index contributed by atoms with van der Waals surface area (Å²) in [6.45, 7) is 5.60. The zero-order valence-electron chi connectivity index (χ0n) is 8.16. The van der Waals surface area contributed by atoms with Crippen molar-refractivity contribution >= 4 is 0 Å². The summed E-state index contributed by atoms with van der Waals surface area (Å²) in [6.07, 6.45) is 4.47. The third kappa shape index (κ3) is 1.89. The summed E-state index contributed by atoms with van der Waals surface area (Å²) < 4.78 is 0. The van der Waals surface area contributed by atoms with Crippen LogP contribution in [0.3, 0.4) is 0 Å². The van der Waals surface area contributed by atoms with Crippen LogP contribution in [0.25, 0.3) is 0 Å². The van der Waals surface area contributed by atoms with Crippen molar-refractivity contribution in [1.29, 1.82) is 0 Å². The maximum atomic E-state index is 4.38. The van der Waals surface area contributed by atoms with Gasteiger partial charge in [-0.1, -0.05) is 19.4 Å². The molecule has 0 saturated heterocycles. The number of nitrogens with zero attached hydrogens (tertiary/aromatic N) is 2. The number of rotatable bonds is 3. The second-order valence-electron chi connectivity index (χ2n) is 3.67. The highest BCUT2D eigenvalue weighted by molar-refractivity contribution is 5.23. The molecule has 1 aromatic heterocycles. The first-order chi connectivity index (χ1) is 6.40. The SMILES string of the molecule is CCCCN1Cc2cccnc2C1. The zero-order chi connectivity index (χ0) is 9.10. The van der Waals surface area contributed by atoms with Crippen LogP contribution in [0.4, 0.5) is 0 Å². The quantitative estimate of drug-likeness (QED) is 0.702. The van der Waals surface area contributed by atoms with E-state index in [1.54, 1.807) is 0 Å². The van der Waals surface area contributed by atoms with Crippen LogP contribution in [0.15, 0.2) is 18.3 Å². The maximum Gasteiger partial charge on any atom is 0.0589 e. The first-order valence-corrected chi connectivity index (χ1v) is 5.05. The van der Waals surface area contributed by atoms with Crippen LogP contribution in [-0.2, 0) is 13.1 Å². The lowest BCUT2D eigenvalue weighted by molar-refractivity contribution is 0.278. The summed E-state index contributed by atoms with van der Waals surface area (Å²) in [7, 11) is 0. The molecule has 0 atom stereocenters. The van der Waals surface area contributed by atoms with Gasteiger partial charge in [-0.2, -0.15) is 0 Å². The third-order valence-electron chi connectivity index (χ3n) is 2.58. The molecule has 70 valence electrons. The lowest BCUT2D eigenvalue weighted by Crippen LogP contribution is -2.17. The van der Waals surface area contributed by atoms with E-state index in [2.05, 4.69) is 22.9 Å². The molecule has 0 spiro atoms. The van der Waals surface area contributed by atoms with Gasteiger partial charge in [-0.25, -0.2) is 0 Å². The minimum Gasteiger partial charge on any atom is -0.293 e. The molecule has 2 rings (SSSR count). The molecule has 0 bridgehead atoms. The molecule has 1 aromatic rings. The van der Waals surface area contributed by atoms with E-state index in [1.165, 1.54) is 30.6 Å². The van der Waals surface area contributed by atoms with Crippen molar-refractivity contribution in [2.45, 2.75) is 32.9 Å². The summed E-state index contributed by atoms with van der Waals surface area (Å²) in [6, 6.07) is 4.22. The molecular weight excluding hydrogens is 160 g/mol. The van der Waals surface area contributed by atoms with Crippen LogP contribution in [0.5, 0.6) is 0 Å². The van der Waals surface area contributed by atoms with Crippen molar-refractivity contribution in [3.8, 4) is 0 Å². The molecule has 13 heavy (non-hydrogen) atoms. The highest BCUT2D eigenvalue weighted by Crippen LogP contribution is 2.19. The van der Waals surface area contributed by atoms with E-state index in [0.29, 0.717) is 0 Å². The van der Waals surface area contributed by atoms with Gasteiger partial charge in [0.05, 0.1) is 5.69 Å². The monoisotopic (exact) mass is 176 g/mol. The van der Waals surface area contributed by atoms with Crippen LogP contribution in [0.2, 0.25) is 0 Å². The van der Waals surface area contributed by atoms with Gasteiger partial charge in [-0.05, 0) is 24.6 Å². The average Bonchev–Trinajstić information content (AvgIpc) is 2.57. The highest BCUT2D eigenvalue weighted by Gasteiger charge is 2.18. The molecule has 1 aliphatic rings. The van der Waals surface area contributed by atoms with Crippen LogP contribution in [-0.4, -0.2) is 16.4 Å². The molecule has 0 unspecified atom stereocenters. The molecule has 0 aromatic carbocycles. The van der Waals surface area contributed by atoms with Crippen LogP contribution >= 0.6 is 0 Å². The average molecular weight is 176 g/mol. The van der Waals surface area contributed by atoms with E-state index < -0.39 is 0 Å². The largest absolute Gasteiger partial charge is 0.293 e. The lowest BCUT2D eigenvalue weighted by Gasteiger charge is -2.12. The van der Waals surface area contributed by atoms with Crippen molar-refractivity contribution in [3.63, 3.8) is 0 Å². The predicted octanol–water partition coefficient (Wildman–Crippen LogP) is 2.20. The Kier molecular flexibility index (Phi) is 2.60. The minimum atomic E-state index is 1.05. The van der Waals surface area contributed by atoms with Crippen molar-refractivity contribution in [1.82, 2.24) is 9.88 Å². The Morgan fingerprint density at radius 2 is 2.38 bits per heavy atom. The highest BCUT2D eigenvalue weighted by atomic mass is 15.1. The molecule has 0 radical (unpaired) electrons. The fraction of sp³-hybridized carbons (Fsp3) is 0.545. The minimum absolute atomic E-state index is 1.05. The van der Waals surface area contributed by atoms with Crippen molar-refractivity contribution < 1.29 is 0 Å². The lowest BCUT2D eigenvalue weighted by atomic mass is 10.2. The summed E-state index contributed by atoms with van der Waals surface area (Å²) >= 11 is 0. The molecule has 2 nitrogen and oxygen atoms in total. The van der Waals surface area contributed by atoms with Gasteiger partial charge in [0.1, 0.15) is 0 Å². The smallest absolute Gasteiger partial charge is 0.0589 e. The molecule has 2 heteroatoms. The molecule has 0 saturated carbocycles. The second-order valence-corrected chi connectivity index (χ2v) is 3.67. The summed E-state index contributed by atoms with van der Waals surface area (Å²) in [5.74, 6) is 0. The van der Waals surface area contributed by atoms with Gasteiger partial charge in [-0.3, -0.25) is 9.88 Å². The van der Waals surface area contributed by atoms with E-state index in [4.69, 9.17) is 0 Å². The van der Waals surface area contributed by atoms with Crippen molar-refractivity contribution in [2.24, 2.45) is 0 Å². The van der Waals surface area contributed by atoms with Crippen LogP contribution in [0.1, 0.15) is 31.0 Å². The van der Waals surface area contributed by atoms with E-state index in [9.17, 15) is 0 Å². The third-order valence-corrected chi connectivity index (χ3v) is 2.58. The van der Waals surface area contributed by atoms with Gasteiger partial charge in [-0.15, -0.1) is 0 Å². The molecular formula is C11H16N2. The topological polar surface area (TPSA) is 16.1 Å². The number of pyridine rings is 1. The summed E-state index contributed by atoms with van der Waals surface area (Å²) in [4.78, 5) is 6.85. The zero-order valence-corrected chi connectivity index (χ0v) is 8.16. The molecule has 0 amide bonds. The van der Waals surface area contributed by atoms with E-state index in [-0.39, 0.29) is 0 Å². The van der Waals surface area contributed by atoms with Crippen molar-refractivity contribution in [2.75, 3.05) is 6.54 Å². The Labute approximate surface area is 79.6 Å². The van der Waals surface area contributed by atoms with Crippen LogP contribution in [0, 0.1) is 0 Å². The fourth-order valence-electron chi connectivity index (χ4n) is 1.81. The van der Waals surface area contributed by atoms with Crippen molar-refractivity contribution in [3.05, 3.63) is 29.6 Å². The standard InChI is InChI=1S/C11H16N2/c1-2-3-7-13-8-10-5-4-6-12-11(10)9-13/h4-6H,2-3,7-9H2,1H3. The molecule has 0 N–H and O–H groups in total. The summed E-state index contributed by atoms with van der Waals surface area (Å²) in [5, 5.41) is 0. The second kappa shape index (κ2) is 3.88. The Bertz CT molecular complexity index is 258. The maximum absolute atomic E-state index is 4.38. The number of fused-ring (bicyclic) bond motifs is 1. The first kappa shape index (κ1) is 8.70. The Morgan fingerprint density at radius 1 is 1.46 bits per heavy atom. The van der Waals surface area contributed by atoms with Gasteiger partial charge >= 0.3 is 0 Å². The summed E-state index contributed by atoms with van der Waals surface area (Å²) in [5.41, 5.74) is 2.69. The Hall–Kier alpha value is -0.890. The normalized spacial score (nSPS) is 16.1. The molecule has 2 heterocycles. The van der Waals surface area contributed by atoms with E-state index in [1.807, 2.05) is 12.3 Å². The van der Waals surface area contributed by atoms with E-state index in [0.717, 1.165) is 13.1 Å². The Morgan fingerprint density at radius 3 is 3.15 bits per heavy atom. The number of unbranched alkanes of at least 4 members (excludes halogenated alkanes) is 1. The molecule has 0 fully saturated rings. The van der Waals surface area contributed by atoms with E-state index >= 15 is 0 Å². The fourth-order valence-corrected chi connectivity index (χ4v) is 1.81.